The maximum Gasteiger partial charge on any atom is 0.305 e. The van der Waals surface area contributed by atoms with E-state index in [0.29, 0.717) is 11.7 Å². The van der Waals surface area contributed by atoms with Gasteiger partial charge >= 0.3 is 5.97 Å². The topological polar surface area (TPSA) is 78.3 Å². The van der Waals surface area contributed by atoms with Crippen molar-refractivity contribution < 1.29 is 9.53 Å². The van der Waals surface area contributed by atoms with Crippen molar-refractivity contribution in [1.82, 2.24) is 0 Å². The van der Waals surface area contributed by atoms with E-state index in [9.17, 15) is 4.79 Å². The summed E-state index contributed by atoms with van der Waals surface area (Å²) in [5.41, 5.74) is 11.8. The second-order valence-electron chi connectivity index (χ2n) is 3.93. The van der Waals surface area contributed by atoms with Gasteiger partial charge < -0.3 is 16.2 Å². The lowest BCUT2D eigenvalue weighted by molar-refractivity contribution is -0.140. The molecule has 1 fully saturated rings. The van der Waals surface area contributed by atoms with Gasteiger partial charge in [0.25, 0.3) is 0 Å². The van der Waals surface area contributed by atoms with Crippen LogP contribution in [0.3, 0.4) is 0 Å². The Bertz CT molecular complexity index is 222. The van der Waals surface area contributed by atoms with Gasteiger partial charge in [-0.05, 0) is 12.8 Å². The first-order valence-corrected chi connectivity index (χ1v) is 6.39. The molecule has 0 aromatic rings. The zero-order valence-corrected chi connectivity index (χ0v) is 14.2. The van der Waals surface area contributed by atoms with Crippen molar-refractivity contribution >= 4 is 51.7 Å². The zero-order valence-electron chi connectivity index (χ0n) is 9.96. The third kappa shape index (κ3) is 7.00. The van der Waals surface area contributed by atoms with E-state index in [4.69, 9.17) is 11.5 Å². The van der Waals surface area contributed by atoms with Crippen LogP contribution in [-0.4, -0.2) is 36.2 Å². The molecule has 1 aliphatic heterocycles. The molecule has 0 aromatic carbocycles. The molecule has 0 saturated carbocycles. The molecule has 0 amide bonds. The Labute approximate surface area is 128 Å². The number of thioether (sulfide) groups is 1. The lowest BCUT2D eigenvalue weighted by atomic mass is 10.0. The van der Waals surface area contributed by atoms with Gasteiger partial charge in [-0.15, -0.1) is 34.0 Å². The maximum atomic E-state index is 10.9. The first-order valence-electron chi connectivity index (χ1n) is 5.34. The summed E-state index contributed by atoms with van der Waals surface area (Å²) in [7, 11) is 1.42. The van der Waals surface area contributed by atoms with Crippen LogP contribution >= 0.6 is 45.7 Å². The van der Waals surface area contributed by atoms with E-state index >= 15 is 0 Å². The molecule has 0 bridgehead atoms. The minimum atomic E-state index is -0.130. The molecule has 1 heterocycles. The number of unbranched alkanes of at least 4 members (excludes halogenated alkanes) is 1. The van der Waals surface area contributed by atoms with Crippen LogP contribution in [0.5, 0.6) is 0 Å². The van der Waals surface area contributed by atoms with Crippen LogP contribution < -0.4 is 11.5 Å². The molecule has 17 heavy (non-hydrogen) atoms. The molecule has 1 aliphatic rings. The summed E-state index contributed by atoms with van der Waals surface area (Å²) in [6, 6.07) is 0.258. The standard InChI is InChI=1S/C10H20N2O2S.2BrH/c1-14-9(13)5-3-2-4-8-10(12)7(11)6-15-8;;/h7-8,10H,2-6,11-12H2,1H3;2*1H/t7-,8-,10-;;/m1../s1. The Balaban J connectivity index is 0. The van der Waals surface area contributed by atoms with Crippen molar-refractivity contribution in [1.29, 1.82) is 0 Å². The summed E-state index contributed by atoms with van der Waals surface area (Å²) < 4.78 is 4.57. The molecule has 1 saturated heterocycles. The fraction of sp³-hybridized carbons (Fsp3) is 0.900. The second kappa shape index (κ2) is 10.6. The molecule has 0 aliphatic carbocycles. The highest BCUT2D eigenvalue weighted by Gasteiger charge is 2.30. The van der Waals surface area contributed by atoms with Crippen LogP contribution in [0.4, 0.5) is 0 Å². The van der Waals surface area contributed by atoms with Gasteiger partial charge in [0.2, 0.25) is 0 Å². The first-order chi connectivity index (χ1) is 7.15. The van der Waals surface area contributed by atoms with E-state index in [1.807, 2.05) is 11.8 Å². The van der Waals surface area contributed by atoms with Gasteiger partial charge in [0, 0.05) is 29.5 Å². The van der Waals surface area contributed by atoms with Crippen LogP contribution in [0.2, 0.25) is 0 Å². The van der Waals surface area contributed by atoms with E-state index in [0.717, 1.165) is 25.0 Å². The minimum absolute atomic E-state index is 0. The number of esters is 1. The summed E-state index contributed by atoms with van der Waals surface area (Å²) in [6.07, 6.45) is 3.46. The minimum Gasteiger partial charge on any atom is -0.469 e. The quantitative estimate of drug-likeness (QED) is 0.548. The van der Waals surface area contributed by atoms with Crippen molar-refractivity contribution in [3.05, 3.63) is 0 Å². The fourth-order valence-corrected chi connectivity index (χ4v) is 3.17. The summed E-state index contributed by atoms with van der Waals surface area (Å²) in [4.78, 5) is 10.9. The van der Waals surface area contributed by atoms with E-state index in [2.05, 4.69) is 4.74 Å². The molecule has 7 heteroatoms. The number of nitrogens with two attached hydrogens (primary N) is 2. The number of ether oxygens (including phenoxy) is 1. The number of methoxy groups -OCH3 is 1. The summed E-state index contributed by atoms with van der Waals surface area (Å²) in [5.74, 6) is 0.832. The molecule has 3 atom stereocenters. The number of rotatable bonds is 5. The van der Waals surface area contributed by atoms with Gasteiger partial charge in [0.05, 0.1) is 7.11 Å². The number of hydrogen-bond donors (Lipinski definition) is 2. The van der Waals surface area contributed by atoms with Crippen LogP contribution in [-0.2, 0) is 9.53 Å². The Morgan fingerprint density at radius 3 is 2.47 bits per heavy atom. The van der Waals surface area contributed by atoms with Crippen molar-refractivity contribution in [3.63, 3.8) is 0 Å². The summed E-state index contributed by atoms with van der Waals surface area (Å²) in [6.45, 7) is 0. The SMILES string of the molecule is Br.Br.COC(=O)CCCC[C@H]1SC[C@@H](N)[C@H]1N. The molecule has 0 unspecified atom stereocenters. The van der Waals surface area contributed by atoms with Gasteiger partial charge in [-0.25, -0.2) is 0 Å². The molecule has 4 N–H and O–H groups in total. The van der Waals surface area contributed by atoms with E-state index in [1.54, 1.807) is 0 Å². The van der Waals surface area contributed by atoms with E-state index < -0.39 is 0 Å². The Kier molecular flexibility index (Phi) is 12.5. The molecule has 0 spiro atoms. The third-order valence-electron chi connectivity index (χ3n) is 2.77. The van der Waals surface area contributed by atoms with Crippen LogP contribution in [0.15, 0.2) is 0 Å². The van der Waals surface area contributed by atoms with Gasteiger partial charge in [0.15, 0.2) is 0 Å². The average molecular weight is 394 g/mol. The molecule has 104 valence electrons. The molecular weight excluding hydrogens is 372 g/mol. The van der Waals surface area contributed by atoms with Gasteiger partial charge in [-0.1, -0.05) is 6.42 Å². The molecule has 1 rings (SSSR count). The van der Waals surface area contributed by atoms with Gasteiger partial charge in [-0.2, -0.15) is 11.8 Å². The molecular formula is C10H22Br2N2O2S. The molecule has 0 radical (unpaired) electrons. The largest absolute Gasteiger partial charge is 0.469 e. The first kappa shape index (κ1) is 20.0. The highest BCUT2D eigenvalue weighted by atomic mass is 79.9. The monoisotopic (exact) mass is 392 g/mol. The second-order valence-corrected chi connectivity index (χ2v) is 5.21. The van der Waals surface area contributed by atoms with E-state index in [-0.39, 0.29) is 52.0 Å². The number of carbonyl (C=O) groups excluding carboxylic acids is 1. The Hall–Kier alpha value is 0.700. The predicted octanol–water partition coefficient (Wildman–Crippen LogP) is 1.65. The lowest BCUT2D eigenvalue weighted by Crippen LogP contribution is -2.43. The van der Waals surface area contributed by atoms with Gasteiger partial charge in [-0.3, -0.25) is 4.79 Å². The Morgan fingerprint density at radius 1 is 1.35 bits per heavy atom. The van der Waals surface area contributed by atoms with Crippen molar-refractivity contribution in [3.8, 4) is 0 Å². The molecule has 4 nitrogen and oxygen atoms in total. The van der Waals surface area contributed by atoms with E-state index in [1.165, 1.54) is 7.11 Å². The van der Waals surface area contributed by atoms with Crippen LogP contribution in [0, 0.1) is 0 Å². The summed E-state index contributed by atoms with van der Waals surface area (Å²) >= 11 is 1.86. The van der Waals surface area contributed by atoms with Gasteiger partial charge in [0.1, 0.15) is 0 Å². The van der Waals surface area contributed by atoms with Crippen LogP contribution in [0.25, 0.3) is 0 Å². The third-order valence-corrected chi connectivity index (χ3v) is 4.33. The Morgan fingerprint density at radius 2 is 2.00 bits per heavy atom. The van der Waals surface area contributed by atoms with Crippen molar-refractivity contribution in [2.75, 3.05) is 12.9 Å². The highest BCUT2D eigenvalue weighted by Crippen LogP contribution is 2.28. The number of carbonyl (C=O) groups is 1. The molecule has 0 aromatic heterocycles. The predicted molar refractivity (Wildman–Crippen MR) is 83.3 cm³/mol. The number of hydrogen-bond acceptors (Lipinski definition) is 5. The van der Waals surface area contributed by atoms with Crippen molar-refractivity contribution in [2.24, 2.45) is 11.5 Å². The zero-order chi connectivity index (χ0) is 11.3. The lowest BCUT2D eigenvalue weighted by Gasteiger charge is -2.16. The summed E-state index contributed by atoms with van der Waals surface area (Å²) in [5, 5.41) is 0.470. The average Bonchev–Trinajstić information content (AvgIpc) is 2.55. The smallest absolute Gasteiger partial charge is 0.305 e. The fourth-order valence-electron chi connectivity index (χ4n) is 1.73. The van der Waals surface area contributed by atoms with Crippen molar-refractivity contribution in [2.45, 2.75) is 43.0 Å². The van der Waals surface area contributed by atoms with Crippen LogP contribution in [0.1, 0.15) is 25.7 Å². The maximum absolute atomic E-state index is 10.9. The normalized spacial score (nSPS) is 26.9. The number of halogens is 2. The highest BCUT2D eigenvalue weighted by molar-refractivity contribution is 8.93.